The Labute approximate surface area is 116 Å². The van der Waals surface area contributed by atoms with Crippen molar-refractivity contribution in [3.05, 3.63) is 35.4 Å². The first-order chi connectivity index (χ1) is 8.84. The minimum Gasteiger partial charge on any atom is -0.326 e. The summed E-state index contributed by atoms with van der Waals surface area (Å²) in [6.45, 7) is 7.18. The highest BCUT2D eigenvalue weighted by atomic mass is 32.2. The monoisotopic (exact) mass is 284 g/mol. The summed E-state index contributed by atoms with van der Waals surface area (Å²) in [6.07, 6.45) is 0. The van der Waals surface area contributed by atoms with Crippen molar-refractivity contribution in [1.82, 2.24) is 4.72 Å². The molecule has 1 unspecified atom stereocenters. The van der Waals surface area contributed by atoms with Crippen LogP contribution in [0.5, 0.6) is 0 Å². The third kappa shape index (κ3) is 5.72. The van der Waals surface area contributed by atoms with E-state index in [1.165, 1.54) is 0 Å². The summed E-state index contributed by atoms with van der Waals surface area (Å²) in [5, 5.41) is 0. The standard InChI is InChI=1S/C14H24N2O2S/c1-11(2)12(3)9-16-19(17,18)10-14-6-4-13(8-15)5-7-14/h4-7,11-12,16H,8-10,15H2,1-3H3. The molecule has 1 aromatic rings. The second-order valence-corrected chi connectivity index (χ2v) is 7.16. The molecule has 108 valence electrons. The Morgan fingerprint density at radius 3 is 2.11 bits per heavy atom. The molecule has 0 spiro atoms. The number of hydrogen-bond donors (Lipinski definition) is 2. The molecule has 1 atom stereocenters. The molecule has 0 aliphatic rings. The minimum absolute atomic E-state index is 0.0165. The molecule has 1 rings (SSSR count). The second-order valence-electron chi connectivity index (χ2n) is 5.35. The van der Waals surface area contributed by atoms with E-state index in [2.05, 4.69) is 18.6 Å². The lowest BCUT2D eigenvalue weighted by atomic mass is 9.99. The van der Waals surface area contributed by atoms with Crippen molar-refractivity contribution in [2.45, 2.75) is 33.1 Å². The average molecular weight is 284 g/mol. The maximum atomic E-state index is 11.9. The molecule has 0 saturated carbocycles. The molecule has 0 aliphatic heterocycles. The Bertz CT molecular complexity index is 481. The molecule has 0 aliphatic carbocycles. The average Bonchev–Trinajstić information content (AvgIpc) is 2.36. The molecule has 0 aromatic heterocycles. The largest absolute Gasteiger partial charge is 0.326 e. The third-order valence-corrected chi connectivity index (χ3v) is 4.70. The van der Waals surface area contributed by atoms with Crippen LogP contribution in [0.2, 0.25) is 0 Å². The number of nitrogens with two attached hydrogens (primary N) is 1. The maximum absolute atomic E-state index is 11.9. The van der Waals surface area contributed by atoms with E-state index in [0.29, 0.717) is 24.9 Å². The zero-order chi connectivity index (χ0) is 14.5. The predicted molar refractivity (Wildman–Crippen MR) is 79.0 cm³/mol. The molecule has 0 saturated heterocycles. The van der Waals surface area contributed by atoms with Gasteiger partial charge in [-0.3, -0.25) is 0 Å². The lowest BCUT2D eigenvalue weighted by Gasteiger charge is -2.16. The molecule has 0 heterocycles. The summed E-state index contributed by atoms with van der Waals surface area (Å²) in [4.78, 5) is 0. The molecule has 3 N–H and O–H groups in total. The Morgan fingerprint density at radius 2 is 1.63 bits per heavy atom. The van der Waals surface area contributed by atoms with Crippen LogP contribution in [0.4, 0.5) is 0 Å². The summed E-state index contributed by atoms with van der Waals surface area (Å²) >= 11 is 0. The number of nitrogens with one attached hydrogen (secondary N) is 1. The first-order valence-electron chi connectivity index (χ1n) is 6.59. The van der Waals surface area contributed by atoms with Crippen molar-refractivity contribution in [2.24, 2.45) is 17.6 Å². The van der Waals surface area contributed by atoms with Crippen LogP contribution in [0.1, 0.15) is 31.9 Å². The van der Waals surface area contributed by atoms with Crippen molar-refractivity contribution in [3.63, 3.8) is 0 Å². The predicted octanol–water partition coefficient (Wildman–Crippen LogP) is 1.86. The van der Waals surface area contributed by atoms with Gasteiger partial charge in [0.2, 0.25) is 10.0 Å². The van der Waals surface area contributed by atoms with Gasteiger partial charge in [0.05, 0.1) is 5.75 Å². The molecule has 0 amide bonds. The molecule has 1 aromatic carbocycles. The highest BCUT2D eigenvalue weighted by molar-refractivity contribution is 7.88. The third-order valence-electron chi connectivity index (χ3n) is 3.38. The van der Waals surface area contributed by atoms with Crippen molar-refractivity contribution < 1.29 is 8.42 Å². The molecule has 0 fully saturated rings. The number of hydrogen-bond acceptors (Lipinski definition) is 3. The van der Waals surface area contributed by atoms with Crippen LogP contribution < -0.4 is 10.5 Å². The van der Waals surface area contributed by atoms with E-state index in [4.69, 9.17) is 5.73 Å². The first-order valence-corrected chi connectivity index (χ1v) is 8.24. The smallest absolute Gasteiger partial charge is 0.215 e. The van der Waals surface area contributed by atoms with Crippen molar-refractivity contribution in [3.8, 4) is 0 Å². The van der Waals surface area contributed by atoms with Gasteiger partial charge in [0.25, 0.3) is 0 Å². The van der Waals surface area contributed by atoms with Gasteiger partial charge in [-0.25, -0.2) is 13.1 Å². The Hall–Kier alpha value is -0.910. The number of rotatable bonds is 7. The van der Waals surface area contributed by atoms with Crippen LogP contribution in [0.3, 0.4) is 0 Å². The van der Waals surface area contributed by atoms with E-state index >= 15 is 0 Å². The molecule has 5 heteroatoms. The fraction of sp³-hybridized carbons (Fsp3) is 0.571. The van der Waals surface area contributed by atoms with Gasteiger partial charge in [-0.1, -0.05) is 45.0 Å². The summed E-state index contributed by atoms with van der Waals surface area (Å²) in [5.74, 6) is 0.809. The van der Waals surface area contributed by atoms with Crippen molar-refractivity contribution in [1.29, 1.82) is 0 Å². The van der Waals surface area contributed by atoms with Gasteiger partial charge in [-0.15, -0.1) is 0 Å². The normalized spacial score (nSPS) is 13.7. The van der Waals surface area contributed by atoms with Crippen molar-refractivity contribution >= 4 is 10.0 Å². The Kier molecular flexibility index (Phi) is 5.97. The second kappa shape index (κ2) is 7.03. The van der Waals surface area contributed by atoms with Crippen LogP contribution in [0.25, 0.3) is 0 Å². The van der Waals surface area contributed by atoms with Crippen molar-refractivity contribution in [2.75, 3.05) is 6.54 Å². The quantitative estimate of drug-likeness (QED) is 0.802. The van der Waals surface area contributed by atoms with Crippen LogP contribution in [0.15, 0.2) is 24.3 Å². The van der Waals surface area contributed by atoms with E-state index in [1.54, 1.807) is 0 Å². The highest BCUT2D eigenvalue weighted by Crippen LogP contribution is 2.10. The summed E-state index contributed by atoms with van der Waals surface area (Å²) in [5.41, 5.74) is 7.29. The molecule has 0 bridgehead atoms. The van der Waals surface area contributed by atoms with Crippen LogP contribution >= 0.6 is 0 Å². The topological polar surface area (TPSA) is 72.2 Å². The number of benzene rings is 1. The zero-order valence-corrected chi connectivity index (χ0v) is 12.7. The molecular formula is C14H24N2O2S. The Morgan fingerprint density at radius 1 is 1.11 bits per heavy atom. The van der Waals surface area contributed by atoms with E-state index in [-0.39, 0.29) is 5.75 Å². The van der Waals surface area contributed by atoms with Gasteiger partial charge in [-0.05, 0) is 23.0 Å². The van der Waals surface area contributed by atoms with Gasteiger partial charge < -0.3 is 5.73 Å². The summed E-state index contributed by atoms with van der Waals surface area (Å²) in [6, 6.07) is 7.35. The van der Waals surface area contributed by atoms with Gasteiger partial charge >= 0.3 is 0 Å². The van der Waals surface area contributed by atoms with E-state index in [1.807, 2.05) is 31.2 Å². The minimum atomic E-state index is -3.26. The lowest BCUT2D eigenvalue weighted by Crippen LogP contribution is -2.31. The molecule has 4 nitrogen and oxygen atoms in total. The Balaban J connectivity index is 2.58. The van der Waals surface area contributed by atoms with Gasteiger partial charge in [0, 0.05) is 13.1 Å². The molecule has 0 radical (unpaired) electrons. The van der Waals surface area contributed by atoms with Gasteiger partial charge in [0.1, 0.15) is 0 Å². The first kappa shape index (κ1) is 16.1. The SMILES string of the molecule is CC(C)C(C)CNS(=O)(=O)Cc1ccc(CN)cc1. The highest BCUT2D eigenvalue weighted by Gasteiger charge is 2.14. The maximum Gasteiger partial charge on any atom is 0.215 e. The zero-order valence-electron chi connectivity index (χ0n) is 11.9. The van der Waals surface area contributed by atoms with Gasteiger partial charge in [-0.2, -0.15) is 0 Å². The van der Waals surface area contributed by atoms with E-state index < -0.39 is 10.0 Å². The fourth-order valence-corrected chi connectivity index (χ4v) is 2.79. The molecule has 19 heavy (non-hydrogen) atoms. The summed E-state index contributed by atoms with van der Waals surface area (Å²) < 4.78 is 26.6. The fourth-order valence-electron chi connectivity index (χ4n) is 1.54. The van der Waals surface area contributed by atoms with Gasteiger partial charge in [0.15, 0.2) is 0 Å². The van der Waals surface area contributed by atoms with Crippen LogP contribution in [-0.4, -0.2) is 15.0 Å². The van der Waals surface area contributed by atoms with Crippen LogP contribution in [0, 0.1) is 11.8 Å². The van der Waals surface area contributed by atoms with E-state index in [0.717, 1.165) is 11.1 Å². The summed E-state index contributed by atoms with van der Waals surface area (Å²) in [7, 11) is -3.26. The van der Waals surface area contributed by atoms with E-state index in [9.17, 15) is 8.42 Å². The molecular weight excluding hydrogens is 260 g/mol. The number of sulfonamides is 1. The lowest BCUT2D eigenvalue weighted by molar-refractivity contribution is 0.414. The van der Waals surface area contributed by atoms with Crippen LogP contribution in [-0.2, 0) is 22.3 Å².